The highest BCUT2D eigenvalue weighted by atomic mass is 35.5. The fourth-order valence-corrected chi connectivity index (χ4v) is 8.00. The van der Waals surface area contributed by atoms with E-state index in [9.17, 15) is 19.5 Å². The van der Waals surface area contributed by atoms with Crippen LogP contribution >= 0.6 is 11.6 Å². The summed E-state index contributed by atoms with van der Waals surface area (Å²) in [7, 11) is 0. The van der Waals surface area contributed by atoms with E-state index in [0.717, 1.165) is 0 Å². The van der Waals surface area contributed by atoms with E-state index in [2.05, 4.69) is 13.2 Å². The summed E-state index contributed by atoms with van der Waals surface area (Å²) < 4.78 is 12.5. The molecule has 10 heteroatoms. The molecule has 1 spiro atoms. The fraction of sp³-hybridized carbons (Fsp3) is 0.472. The van der Waals surface area contributed by atoms with Gasteiger partial charge in [-0.15, -0.1) is 13.2 Å². The number of likely N-dealkylation sites (tertiary alicyclic amines) is 1. The van der Waals surface area contributed by atoms with Crippen molar-refractivity contribution in [3.05, 3.63) is 78.9 Å². The number of amides is 3. The Bertz CT molecular complexity index is 1500. The molecule has 3 amide bonds. The summed E-state index contributed by atoms with van der Waals surface area (Å²) in [4.78, 5) is 49.0. The minimum Gasteiger partial charge on any atom is -0.494 e. The Morgan fingerprint density at radius 2 is 1.74 bits per heavy atom. The van der Waals surface area contributed by atoms with Gasteiger partial charge in [0.1, 0.15) is 17.4 Å². The van der Waals surface area contributed by atoms with Gasteiger partial charge in [0.2, 0.25) is 11.8 Å². The highest BCUT2D eigenvalue weighted by molar-refractivity contribution is 6.34. The second-order valence-corrected chi connectivity index (χ2v) is 13.2. The van der Waals surface area contributed by atoms with E-state index in [4.69, 9.17) is 21.1 Å². The monoisotopic (exact) mass is 649 g/mol. The van der Waals surface area contributed by atoms with Crippen molar-refractivity contribution in [2.75, 3.05) is 36.1 Å². The van der Waals surface area contributed by atoms with Crippen LogP contribution in [0.5, 0.6) is 5.75 Å². The number of hydrogen-bond donors (Lipinski definition) is 1. The zero-order chi connectivity index (χ0) is 33.4. The van der Waals surface area contributed by atoms with Gasteiger partial charge in [0.05, 0.1) is 47.4 Å². The van der Waals surface area contributed by atoms with Gasteiger partial charge in [0, 0.05) is 18.8 Å². The summed E-state index contributed by atoms with van der Waals surface area (Å²) in [5.74, 6) is -2.35. The molecule has 2 aromatic rings. The number of aliphatic hydroxyl groups excluding tert-OH is 1. The molecule has 2 aromatic carbocycles. The third kappa shape index (κ3) is 5.42. The Kier molecular flexibility index (Phi) is 9.68. The number of halogens is 1. The Balaban J connectivity index is 1.62. The largest absolute Gasteiger partial charge is 0.494 e. The van der Waals surface area contributed by atoms with Crippen molar-refractivity contribution in [3.8, 4) is 5.75 Å². The minimum atomic E-state index is -1.29. The molecular weight excluding hydrogens is 606 g/mol. The van der Waals surface area contributed by atoms with E-state index >= 15 is 0 Å². The van der Waals surface area contributed by atoms with Crippen LogP contribution in [0.25, 0.3) is 0 Å². The summed E-state index contributed by atoms with van der Waals surface area (Å²) in [5.41, 5.74) is -1.17. The summed E-state index contributed by atoms with van der Waals surface area (Å²) in [6.07, 6.45) is 4.14. The van der Waals surface area contributed by atoms with E-state index in [0.29, 0.717) is 41.6 Å². The van der Waals surface area contributed by atoms with Crippen LogP contribution in [-0.2, 0) is 19.1 Å². The SMILES string of the molecule is C=CCN(C(=O)[C@@H]1[C@H]2C(=O)N([C@@H](CO)C(C)C)C(C(=O)N(CC=C)c3ccccc3Cl)C23CC[C@@]1(C)O3)c1ccc(OCC)cc1. The minimum absolute atomic E-state index is 0.137. The molecule has 0 aliphatic carbocycles. The summed E-state index contributed by atoms with van der Waals surface area (Å²) in [5, 5.41) is 11.0. The molecule has 3 saturated heterocycles. The highest BCUT2D eigenvalue weighted by Gasteiger charge is 2.79. The fourth-order valence-electron chi connectivity index (χ4n) is 7.76. The maximum atomic E-state index is 14.9. The highest BCUT2D eigenvalue weighted by Crippen LogP contribution is 2.64. The van der Waals surface area contributed by atoms with Gasteiger partial charge >= 0.3 is 0 Å². The first-order valence-electron chi connectivity index (χ1n) is 15.9. The molecule has 2 unspecified atom stereocenters. The predicted octanol–water partition coefficient (Wildman–Crippen LogP) is 5.26. The van der Waals surface area contributed by atoms with Crippen molar-refractivity contribution in [1.29, 1.82) is 0 Å². The normalized spacial score (nSPS) is 27.0. The lowest BCUT2D eigenvalue weighted by molar-refractivity contribution is -0.149. The number of rotatable bonds is 13. The van der Waals surface area contributed by atoms with Gasteiger partial charge in [-0.05, 0) is 69.0 Å². The molecule has 3 fully saturated rings. The van der Waals surface area contributed by atoms with Gasteiger partial charge in [-0.2, -0.15) is 0 Å². The van der Waals surface area contributed by atoms with Crippen LogP contribution in [0.15, 0.2) is 73.8 Å². The molecular formula is C36H44ClN3O6. The Hall–Kier alpha value is -3.66. The van der Waals surface area contributed by atoms with Gasteiger partial charge in [0.25, 0.3) is 5.91 Å². The molecule has 9 nitrogen and oxygen atoms in total. The molecule has 3 heterocycles. The first kappa shape index (κ1) is 33.7. The van der Waals surface area contributed by atoms with Crippen molar-refractivity contribution in [2.45, 2.75) is 63.8 Å². The van der Waals surface area contributed by atoms with Crippen LogP contribution in [0.1, 0.15) is 40.5 Å². The van der Waals surface area contributed by atoms with Crippen LogP contribution < -0.4 is 14.5 Å². The van der Waals surface area contributed by atoms with E-state index in [1.54, 1.807) is 53.5 Å². The van der Waals surface area contributed by atoms with Crippen molar-refractivity contribution in [3.63, 3.8) is 0 Å². The molecule has 3 aliphatic heterocycles. The third-order valence-corrected chi connectivity index (χ3v) is 10.1. The van der Waals surface area contributed by atoms with Crippen molar-refractivity contribution >= 4 is 40.7 Å². The maximum Gasteiger partial charge on any atom is 0.253 e. The number of carbonyl (C=O) groups excluding carboxylic acids is 3. The Morgan fingerprint density at radius 3 is 2.33 bits per heavy atom. The zero-order valence-electron chi connectivity index (χ0n) is 27.0. The number of ether oxygens (including phenoxy) is 2. The first-order valence-corrected chi connectivity index (χ1v) is 16.3. The van der Waals surface area contributed by atoms with Crippen LogP contribution in [0, 0.1) is 17.8 Å². The van der Waals surface area contributed by atoms with Crippen molar-refractivity contribution < 1.29 is 29.0 Å². The number of carbonyl (C=O) groups is 3. The van der Waals surface area contributed by atoms with Crippen molar-refractivity contribution in [1.82, 2.24) is 4.90 Å². The van der Waals surface area contributed by atoms with Gasteiger partial charge in [-0.25, -0.2) is 0 Å². The first-order chi connectivity index (χ1) is 22.0. The van der Waals surface area contributed by atoms with Gasteiger partial charge in [-0.3, -0.25) is 14.4 Å². The van der Waals surface area contributed by atoms with Crippen LogP contribution in [0.2, 0.25) is 5.02 Å². The molecule has 5 rings (SSSR count). The number of hydrogen-bond acceptors (Lipinski definition) is 6. The third-order valence-electron chi connectivity index (χ3n) is 9.79. The molecule has 46 heavy (non-hydrogen) atoms. The number of nitrogens with zero attached hydrogens (tertiary/aromatic N) is 3. The van der Waals surface area contributed by atoms with Crippen LogP contribution in [0.3, 0.4) is 0 Å². The van der Waals surface area contributed by atoms with E-state index < -0.39 is 41.0 Å². The summed E-state index contributed by atoms with van der Waals surface area (Å²) in [6, 6.07) is 12.5. The Morgan fingerprint density at radius 1 is 1.09 bits per heavy atom. The molecule has 0 saturated carbocycles. The second kappa shape index (κ2) is 13.2. The molecule has 246 valence electrons. The van der Waals surface area contributed by atoms with E-state index in [1.165, 1.54) is 9.80 Å². The molecule has 3 aliphatic rings. The average Bonchev–Trinajstić information content (AvgIpc) is 3.60. The van der Waals surface area contributed by atoms with Gasteiger partial charge in [0.15, 0.2) is 0 Å². The summed E-state index contributed by atoms with van der Waals surface area (Å²) in [6.45, 7) is 15.8. The molecule has 0 radical (unpaired) electrons. The van der Waals surface area contributed by atoms with Crippen LogP contribution in [0.4, 0.5) is 11.4 Å². The standard InChI is InChI=1S/C36H44ClN3O6/c1-7-20-38(24-14-16-25(17-15-24)45-9-3)32(42)29-30-33(43)40(28(22-41)23(4)5)31(36(30)19-18-35(29,6)46-36)34(44)39(21-8-2)27-13-11-10-12-26(27)37/h7-8,10-17,23,28-31,41H,1-2,9,18-22H2,3-6H3/t28-,29-,30-,31?,35+,36?/m0/s1. The number of benzene rings is 2. The lowest BCUT2D eigenvalue weighted by atomic mass is 9.66. The second-order valence-electron chi connectivity index (χ2n) is 12.8. The van der Waals surface area contributed by atoms with Gasteiger partial charge in [-0.1, -0.05) is 49.7 Å². The molecule has 0 aromatic heterocycles. The number of anilines is 2. The maximum absolute atomic E-state index is 14.9. The summed E-state index contributed by atoms with van der Waals surface area (Å²) >= 11 is 6.59. The average molecular weight is 650 g/mol. The van der Waals surface area contributed by atoms with Gasteiger partial charge < -0.3 is 29.3 Å². The van der Waals surface area contributed by atoms with E-state index in [-0.39, 0.29) is 37.4 Å². The molecule has 2 bridgehead atoms. The smallest absolute Gasteiger partial charge is 0.253 e. The van der Waals surface area contributed by atoms with E-state index in [1.807, 2.05) is 39.8 Å². The number of aliphatic hydroxyl groups is 1. The predicted molar refractivity (Wildman–Crippen MR) is 179 cm³/mol. The lowest BCUT2D eigenvalue weighted by Gasteiger charge is -2.40. The topological polar surface area (TPSA) is 99.6 Å². The molecule has 6 atom stereocenters. The quantitative estimate of drug-likeness (QED) is 0.297. The molecule has 1 N–H and O–H groups in total. The Labute approximate surface area is 276 Å². The number of para-hydroxylation sites is 1. The zero-order valence-corrected chi connectivity index (χ0v) is 27.8. The van der Waals surface area contributed by atoms with Crippen LogP contribution in [-0.4, -0.2) is 77.3 Å². The van der Waals surface area contributed by atoms with Crippen molar-refractivity contribution in [2.24, 2.45) is 17.8 Å². The number of fused-ring (bicyclic) bond motifs is 1. The lowest BCUT2D eigenvalue weighted by Crippen LogP contribution is -2.60.